The molecule has 53 valence electrons. The predicted octanol–water partition coefficient (Wildman–Crippen LogP) is 0.827. The molecule has 0 aromatic heterocycles. The summed E-state index contributed by atoms with van der Waals surface area (Å²) in [5.74, 6) is 0. The fourth-order valence-electron chi connectivity index (χ4n) is 0.237. The first-order valence-electron chi connectivity index (χ1n) is 2.44. The van der Waals surface area contributed by atoms with E-state index in [2.05, 4.69) is 14.7 Å². The van der Waals surface area contributed by atoms with Crippen molar-refractivity contribution < 1.29 is 24.7 Å². The Hall–Kier alpha value is -0.810. The minimum absolute atomic E-state index is 0.224. The monoisotopic (exact) mass is 135 g/mol. The fraction of sp³-hybridized carbons (Fsp3) is 0.750. The summed E-state index contributed by atoms with van der Waals surface area (Å²) in [6.45, 7) is 2.04. The second-order valence-corrected chi connectivity index (χ2v) is 1.25. The third kappa shape index (κ3) is 5.05. The van der Waals surface area contributed by atoms with Gasteiger partial charge in [-0.25, -0.2) is 9.68 Å². The lowest BCUT2D eigenvalue weighted by Gasteiger charge is -1.96. The number of carbonyl (C=O) groups excluding carboxylic acids is 1. The van der Waals surface area contributed by atoms with Crippen LogP contribution in [0.25, 0.3) is 0 Å². The van der Waals surface area contributed by atoms with Gasteiger partial charge in [-0.15, -0.1) is 0 Å². The molecule has 0 aliphatic carbocycles. The SMILES string of the molecule is CCCOC(=O)OO[O]. The molecule has 1 radical (unpaired) electrons. The fourth-order valence-corrected chi connectivity index (χ4v) is 0.237. The summed E-state index contributed by atoms with van der Waals surface area (Å²) in [5.41, 5.74) is 0. The smallest absolute Gasteiger partial charge is 0.432 e. The molecule has 0 N–H and O–H groups in total. The summed E-state index contributed by atoms with van der Waals surface area (Å²) in [6.07, 6.45) is -0.430. The largest absolute Gasteiger partial charge is 0.542 e. The van der Waals surface area contributed by atoms with E-state index in [1.807, 2.05) is 6.92 Å². The van der Waals surface area contributed by atoms with Gasteiger partial charge in [0.15, 0.2) is 0 Å². The Morgan fingerprint density at radius 3 is 2.67 bits per heavy atom. The Balaban J connectivity index is 3.06. The lowest BCUT2D eigenvalue weighted by molar-refractivity contribution is -0.500. The van der Waals surface area contributed by atoms with Crippen molar-refractivity contribution in [2.45, 2.75) is 13.3 Å². The van der Waals surface area contributed by atoms with Crippen LogP contribution in [0.4, 0.5) is 4.79 Å². The van der Waals surface area contributed by atoms with Crippen molar-refractivity contribution in [3.8, 4) is 0 Å². The maximum absolute atomic E-state index is 10.0. The highest BCUT2D eigenvalue weighted by atomic mass is 17.5. The molecule has 9 heavy (non-hydrogen) atoms. The van der Waals surface area contributed by atoms with Gasteiger partial charge in [0.1, 0.15) is 0 Å². The van der Waals surface area contributed by atoms with Gasteiger partial charge in [0.25, 0.3) is 0 Å². The molecule has 0 bridgehead atoms. The predicted molar refractivity (Wildman–Crippen MR) is 24.5 cm³/mol. The molecule has 0 aliphatic heterocycles. The van der Waals surface area contributed by atoms with Crippen molar-refractivity contribution in [1.82, 2.24) is 0 Å². The van der Waals surface area contributed by atoms with E-state index in [1.165, 1.54) is 0 Å². The first-order chi connectivity index (χ1) is 4.31. The summed E-state index contributed by atoms with van der Waals surface area (Å²) in [7, 11) is 0. The van der Waals surface area contributed by atoms with Crippen LogP contribution < -0.4 is 0 Å². The maximum Gasteiger partial charge on any atom is 0.542 e. The van der Waals surface area contributed by atoms with Crippen molar-refractivity contribution in [3.05, 3.63) is 0 Å². The molecule has 0 aromatic carbocycles. The number of rotatable bonds is 3. The van der Waals surface area contributed by atoms with Gasteiger partial charge >= 0.3 is 6.16 Å². The Kier molecular flexibility index (Phi) is 4.85. The molecular formula is C4H7O5. The van der Waals surface area contributed by atoms with Crippen LogP contribution in [0, 0.1) is 0 Å². The van der Waals surface area contributed by atoms with Crippen LogP contribution >= 0.6 is 0 Å². The van der Waals surface area contributed by atoms with Gasteiger partial charge in [0, 0.05) is 10.3 Å². The average Bonchev–Trinajstić information content (AvgIpc) is 1.85. The highest BCUT2D eigenvalue weighted by molar-refractivity contribution is 5.58. The zero-order chi connectivity index (χ0) is 7.11. The van der Waals surface area contributed by atoms with Crippen LogP contribution in [0.15, 0.2) is 0 Å². The molecule has 5 nitrogen and oxygen atoms in total. The highest BCUT2D eigenvalue weighted by Gasteiger charge is 2.02. The summed E-state index contributed by atoms with van der Waals surface area (Å²) >= 11 is 0. The van der Waals surface area contributed by atoms with E-state index in [0.29, 0.717) is 6.42 Å². The van der Waals surface area contributed by atoms with Crippen LogP contribution in [-0.4, -0.2) is 12.8 Å². The molecule has 0 aliphatic rings. The highest BCUT2D eigenvalue weighted by Crippen LogP contribution is 1.86. The summed E-state index contributed by atoms with van der Waals surface area (Å²) in [6, 6.07) is 0. The molecule has 0 rings (SSSR count). The lowest BCUT2D eigenvalue weighted by Crippen LogP contribution is -2.06. The summed E-state index contributed by atoms with van der Waals surface area (Å²) in [5, 5.41) is 11.9. The Labute approximate surface area is 52.0 Å². The van der Waals surface area contributed by atoms with Gasteiger partial charge in [0.2, 0.25) is 0 Å². The van der Waals surface area contributed by atoms with Crippen LogP contribution in [0.1, 0.15) is 13.3 Å². The van der Waals surface area contributed by atoms with Crippen molar-refractivity contribution in [1.29, 1.82) is 0 Å². The summed E-state index contributed by atoms with van der Waals surface area (Å²) in [4.78, 5) is 13.5. The number of hydrogen-bond donors (Lipinski definition) is 0. The first kappa shape index (κ1) is 8.19. The van der Waals surface area contributed by atoms with Gasteiger partial charge in [-0.05, 0) is 6.42 Å². The third-order valence-corrected chi connectivity index (χ3v) is 0.526. The minimum Gasteiger partial charge on any atom is -0.432 e. The zero-order valence-electron chi connectivity index (χ0n) is 4.96. The molecule has 0 heterocycles. The van der Waals surface area contributed by atoms with Crippen LogP contribution in [0.3, 0.4) is 0 Å². The third-order valence-electron chi connectivity index (χ3n) is 0.526. The Morgan fingerprint density at radius 1 is 1.56 bits per heavy atom. The minimum atomic E-state index is -1.10. The van der Waals surface area contributed by atoms with Gasteiger partial charge in [-0.1, -0.05) is 6.92 Å². The van der Waals surface area contributed by atoms with Crippen molar-refractivity contribution in [3.63, 3.8) is 0 Å². The normalized spacial score (nSPS) is 8.67. The second-order valence-electron chi connectivity index (χ2n) is 1.25. The molecule has 5 heteroatoms. The molecule has 0 unspecified atom stereocenters. The van der Waals surface area contributed by atoms with Crippen LogP contribution in [0.5, 0.6) is 0 Å². The quantitative estimate of drug-likeness (QED) is 0.326. The van der Waals surface area contributed by atoms with Gasteiger partial charge in [0.05, 0.1) is 6.61 Å². The molecule has 0 amide bonds. The maximum atomic E-state index is 10.0. The van der Waals surface area contributed by atoms with Crippen molar-refractivity contribution >= 4 is 6.16 Å². The molecule has 0 spiro atoms. The second kappa shape index (κ2) is 5.33. The van der Waals surface area contributed by atoms with Gasteiger partial charge in [-0.2, -0.15) is 0 Å². The Morgan fingerprint density at radius 2 is 2.22 bits per heavy atom. The first-order valence-corrected chi connectivity index (χ1v) is 2.44. The van der Waals surface area contributed by atoms with Crippen LogP contribution in [-0.2, 0) is 19.9 Å². The molecular weight excluding hydrogens is 128 g/mol. The molecule has 0 saturated heterocycles. The van der Waals surface area contributed by atoms with Gasteiger partial charge in [-0.3, -0.25) is 0 Å². The standard InChI is InChI=1S/C4H7O5/c1-2-3-7-4(5)8-9-6/h2-3H2,1H3. The zero-order valence-corrected chi connectivity index (χ0v) is 4.96. The van der Waals surface area contributed by atoms with Crippen molar-refractivity contribution in [2.24, 2.45) is 0 Å². The molecule has 0 saturated carbocycles. The molecule has 0 aromatic rings. The van der Waals surface area contributed by atoms with E-state index in [4.69, 9.17) is 5.26 Å². The number of ether oxygens (including phenoxy) is 1. The van der Waals surface area contributed by atoms with E-state index in [0.717, 1.165) is 0 Å². The van der Waals surface area contributed by atoms with E-state index in [-0.39, 0.29) is 6.61 Å². The van der Waals surface area contributed by atoms with Gasteiger partial charge < -0.3 is 4.74 Å². The molecule has 0 fully saturated rings. The Bertz CT molecular complexity index is 81.0. The van der Waals surface area contributed by atoms with E-state index in [9.17, 15) is 4.79 Å². The van der Waals surface area contributed by atoms with E-state index < -0.39 is 6.16 Å². The van der Waals surface area contributed by atoms with E-state index >= 15 is 0 Å². The average molecular weight is 135 g/mol. The van der Waals surface area contributed by atoms with Crippen LogP contribution in [0.2, 0.25) is 0 Å². The number of hydrogen-bond acceptors (Lipinski definition) is 4. The summed E-state index contributed by atoms with van der Waals surface area (Å²) < 4.78 is 4.25. The molecule has 0 atom stereocenters. The lowest BCUT2D eigenvalue weighted by atomic mass is 10.5. The van der Waals surface area contributed by atoms with E-state index in [1.54, 1.807) is 0 Å². The topological polar surface area (TPSA) is 64.7 Å². The number of carbonyl (C=O) groups is 1. The van der Waals surface area contributed by atoms with Crippen molar-refractivity contribution in [2.75, 3.05) is 6.61 Å².